The van der Waals surface area contributed by atoms with Gasteiger partial charge in [0.25, 0.3) is 5.70 Å². The summed E-state index contributed by atoms with van der Waals surface area (Å²) >= 11 is 0. The maximum absolute atomic E-state index is 11.1. The van der Waals surface area contributed by atoms with Gasteiger partial charge in [-0.1, -0.05) is 0 Å². The number of unbranched alkanes of at least 4 members (excludes halogenated alkanes) is 2. The third kappa shape index (κ3) is 7.14. The number of rotatable bonds is 11. The minimum Gasteiger partial charge on any atom is -0.385 e. The Morgan fingerprint density at radius 2 is 1.46 bits per heavy atom. The van der Waals surface area contributed by atoms with Crippen molar-refractivity contribution in [3.63, 3.8) is 0 Å². The molecule has 0 saturated carbocycles. The highest BCUT2D eigenvalue weighted by Gasteiger charge is 2.22. The van der Waals surface area contributed by atoms with Gasteiger partial charge in [0.2, 0.25) is 0 Å². The number of nitrogens with zero attached hydrogens (tertiary/aromatic N) is 3. The van der Waals surface area contributed by atoms with E-state index in [0.717, 1.165) is 31.4 Å². The van der Waals surface area contributed by atoms with Crippen LogP contribution in [0, 0.1) is 10.1 Å². The summed E-state index contributed by atoms with van der Waals surface area (Å²) in [6, 6.07) is 0. The van der Waals surface area contributed by atoms with E-state index in [1.165, 1.54) is 6.08 Å². The fourth-order valence-corrected chi connectivity index (χ4v) is 2.24. The third-order valence-electron chi connectivity index (χ3n) is 3.57. The smallest absolute Gasteiger partial charge is 0.274 e. The first-order chi connectivity index (χ1) is 11.6. The SMILES string of the molecule is COCCCCN=C1C=C(C)C([N+](=O)[O-])=CC1=NCCCCOC. The molecule has 1 aliphatic rings. The molecule has 0 atom stereocenters. The van der Waals surface area contributed by atoms with E-state index in [4.69, 9.17) is 9.47 Å². The molecule has 0 aromatic rings. The molecule has 0 heterocycles. The summed E-state index contributed by atoms with van der Waals surface area (Å²) in [5.74, 6) is 0. The van der Waals surface area contributed by atoms with Crippen molar-refractivity contribution in [2.75, 3.05) is 40.5 Å². The molecule has 1 aliphatic carbocycles. The molecule has 0 aliphatic heterocycles. The second-order valence-electron chi connectivity index (χ2n) is 5.55. The van der Waals surface area contributed by atoms with Gasteiger partial charge in [-0.05, 0) is 38.7 Å². The molecule has 7 heteroatoms. The van der Waals surface area contributed by atoms with E-state index in [1.54, 1.807) is 27.2 Å². The van der Waals surface area contributed by atoms with Crippen molar-refractivity contribution < 1.29 is 14.4 Å². The normalized spacial score (nSPS) is 18.0. The molecule has 7 nitrogen and oxygen atoms in total. The van der Waals surface area contributed by atoms with Crippen LogP contribution in [0.5, 0.6) is 0 Å². The fraction of sp³-hybridized carbons (Fsp3) is 0.647. The van der Waals surface area contributed by atoms with E-state index >= 15 is 0 Å². The predicted octanol–water partition coefficient (Wildman–Crippen LogP) is 2.84. The molecule has 0 unspecified atom stereocenters. The van der Waals surface area contributed by atoms with Gasteiger partial charge in [-0.25, -0.2) is 0 Å². The van der Waals surface area contributed by atoms with E-state index in [2.05, 4.69) is 9.98 Å². The van der Waals surface area contributed by atoms with Gasteiger partial charge in [-0.3, -0.25) is 20.1 Å². The second kappa shape index (κ2) is 11.6. The van der Waals surface area contributed by atoms with Crippen LogP contribution in [-0.4, -0.2) is 56.9 Å². The third-order valence-corrected chi connectivity index (χ3v) is 3.57. The predicted molar refractivity (Wildman–Crippen MR) is 95.7 cm³/mol. The van der Waals surface area contributed by atoms with E-state index in [-0.39, 0.29) is 10.6 Å². The summed E-state index contributed by atoms with van der Waals surface area (Å²) in [5.41, 5.74) is 2.01. The lowest BCUT2D eigenvalue weighted by Crippen LogP contribution is -2.19. The van der Waals surface area contributed by atoms with E-state index in [0.29, 0.717) is 37.6 Å². The zero-order valence-corrected chi connectivity index (χ0v) is 14.8. The molecule has 134 valence electrons. The molecular weight excluding hydrogens is 310 g/mol. The average Bonchev–Trinajstić information content (AvgIpc) is 2.55. The molecule has 0 radical (unpaired) electrons. The number of ether oxygens (including phenoxy) is 2. The minimum atomic E-state index is -0.373. The minimum absolute atomic E-state index is 0.0870. The Labute approximate surface area is 143 Å². The molecule has 0 spiro atoms. The maximum atomic E-state index is 11.1. The zero-order valence-electron chi connectivity index (χ0n) is 14.8. The molecule has 0 fully saturated rings. The molecular formula is C17H27N3O4. The number of aliphatic imine (C=N–C) groups is 2. The standard InChI is InChI=1S/C17H27N3O4/c1-14-12-15(18-8-4-6-10-23-2)16(13-17(14)20(21)22)19-9-5-7-11-24-3/h12-13H,4-11H2,1-3H3. The molecule has 0 amide bonds. The van der Waals surface area contributed by atoms with E-state index in [9.17, 15) is 10.1 Å². The van der Waals surface area contributed by atoms with Crippen molar-refractivity contribution in [1.82, 2.24) is 0 Å². The Kier molecular flexibility index (Phi) is 9.79. The molecule has 24 heavy (non-hydrogen) atoms. The Morgan fingerprint density at radius 1 is 0.958 bits per heavy atom. The summed E-state index contributed by atoms with van der Waals surface area (Å²) in [6.45, 7) is 4.40. The van der Waals surface area contributed by atoms with Crippen molar-refractivity contribution in [2.45, 2.75) is 32.6 Å². The number of methoxy groups -OCH3 is 2. The number of allylic oxidation sites excluding steroid dienone is 3. The Bertz CT molecular complexity index is 536. The van der Waals surface area contributed by atoms with Crippen molar-refractivity contribution in [2.24, 2.45) is 9.98 Å². The topological polar surface area (TPSA) is 86.3 Å². The van der Waals surface area contributed by atoms with Crippen LogP contribution in [0.4, 0.5) is 0 Å². The first kappa shape index (κ1) is 20.2. The van der Waals surface area contributed by atoms with Crippen LogP contribution >= 0.6 is 0 Å². The molecule has 0 bridgehead atoms. The summed E-state index contributed by atoms with van der Waals surface area (Å²) < 4.78 is 10.0. The van der Waals surface area contributed by atoms with Crippen LogP contribution in [0.2, 0.25) is 0 Å². The largest absolute Gasteiger partial charge is 0.385 e. The first-order valence-electron chi connectivity index (χ1n) is 8.22. The van der Waals surface area contributed by atoms with Crippen LogP contribution in [-0.2, 0) is 9.47 Å². The van der Waals surface area contributed by atoms with Gasteiger partial charge in [0, 0.05) is 52.2 Å². The van der Waals surface area contributed by atoms with Gasteiger partial charge in [-0.2, -0.15) is 0 Å². The highest BCUT2D eigenvalue weighted by atomic mass is 16.6. The molecule has 0 N–H and O–H groups in total. The quantitative estimate of drug-likeness (QED) is 0.251. The zero-order chi connectivity index (χ0) is 17.8. The van der Waals surface area contributed by atoms with Crippen molar-refractivity contribution >= 4 is 11.4 Å². The van der Waals surface area contributed by atoms with Crippen LogP contribution in [0.1, 0.15) is 32.6 Å². The highest BCUT2D eigenvalue weighted by molar-refractivity contribution is 6.51. The number of hydrogen-bond acceptors (Lipinski definition) is 6. The molecule has 1 rings (SSSR count). The molecule has 0 saturated heterocycles. The van der Waals surface area contributed by atoms with Crippen molar-refractivity contribution in [3.8, 4) is 0 Å². The number of hydrogen-bond donors (Lipinski definition) is 0. The van der Waals surface area contributed by atoms with E-state index < -0.39 is 0 Å². The average molecular weight is 337 g/mol. The highest BCUT2D eigenvalue weighted by Crippen LogP contribution is 2.17. The lowest BCUT2D eigenvalue weighted by atomic mass is 10.0. The Morgan fingerprint density at radius 3 is 1.92 bits per heavy atom. The second-order valence-corrected chi connectivity index (χ2v) is 5.55. The maximum Gasteiger partial charge on any atom is 0.274 e. The van der Waals surface area contributed by atoms with Crippen LogP contribution in [0.3, 0.4) is 0 Å². The van der Waals surface area contributed by atoms with Crippen LogP contribution in [0.15, 0.2) is 33.4 Å². The van der Waals surface area contributed by atoms with Gasteiger partial charge in [0.15, 0.2) is 0 Å². The van der Waals surface area contributed by atoms with E-state index in [1.807, 2.05) is 0 Å². The van der Waals surface area contributed by atoms with Gasteiger partial charge in [0.05, 0.1) is 16.3 Å². The van der Waals surface area contributed by atoms with Gasteiger partial charge >= 0.3 is 0 Å². The van der Waals surface area contributed by atoms with Crippen molar-refractivity contribution in [1.29, 1.82) is 0 Å². The first-order valence-corrected chi connectivity index (χ1v) is 8.22. The van der Waals surface area contributed by atoms with Gasteiger partial charge < -0.3 is 9.47 Å². The summed E-state index contributed by atoms with van der Waals surface area (Å²) in [4.78, 5) is 19.8. The molecule has 0 aromatic heterocycles. The summed E-state index contributed by atoms with van der Waals surface area (Å²) in [6.07, 6.45) is 6.93. The summed E-state index contributed by atoms with van der Waals surface area (Å²) in [5, 5.41) is 11.1. The van der Waals surface area contributed by atoms with Crippen LogP contribution < -0.4 is 0 Å². The van der Waals surface area contributed by atoms with Gasteiger partial charge in [-0.15, -0.1) is 0 Å². The number of nitro groups is 1. The lowest BCUT2D eigenvalue weighted by molar-refractivity contribution is -0.420. The van der Waals surface area contributed by atoms with Crippen LogP contribution in [0.25, 0.3) is 0 Å². The van der Waals surface area contributed by atoms with Gasteiger partial charge in [0.1, 0.15) is 0 Å². The molecule has 0 aromatic carbocycles. The van der Waals surface area contributed by atoms with Crippen molar-refractivity contribution in [3.05, 3.63) is 33.5 Å². The monoisotopic (exact) mass is 337 g/mol. The Hall–Kier alpha value is -1.86. The Balaban J connectivity index is 2.79. The summed E-state index contributed by atoms with van der Waals surface area (Å²) in [7, 11) is 3.35. The fourth-order valence-electron chi connectivity index (χ4n) is 2.24. The lowest BCUT2D eigenvalue weighted by Gasteiger charge is -2.11.